The molecule has 12 heteroatoms. The second-order valence-electron chi connectivity index (χ2n) is 3.19. The van der Waals surface area contributed by atoms with E-state index in [0.717, 1.165) is 14.2 Å². The Morgan fingerprint density at radius 1 is 0.700 bits per heavy atom. The van der Waals surface area contributed by atoms with Crippen molar-refractivity contribution in [2.45, 2.75) is 0 Å². The molecule has 2 atom stereocenters. The fourth-order valence-corrected chi connectivity index (χ4v) is 1.67. The molecule has 0 saturated carbocycles. The monoisotopic (exact) mass is 338 g/mol. The molecule has 20 heavy (non-hydrogen) atoms. The van der Waals surface area contributed by atoms with Crippen molar-refractivity contribution in [3.05, 3.63) is 0 Å². The number of hydrogen-bond acceptors (Lipinski definition) is 8. The molecule has 0 amide bonds. The van der Waals surface area contributed by atoms with Crippen molar-refractivity contribution in [2.75, 3.05) is 53.9 Å². The smallest absolute Gasteiger partial charge is 0.377 e. The van der Waals surface area contributed by atoms with E-state index < -0.39 is 15.6 Å². The lowest BCUT2D eigenvalue weighted by molar-refractivity contribution is 0.0198. The Morgan fingerprint density at radius 2 is 1.00 bits per heavy atom. The fourth-order valence-electron chi connectivity index (χ4n) is 0.850. The average Bonchev–Trinajstić information content (AvgIpc) is 2.41. The summed E-state index contributed by atoms with van der Waals surface area (Å²) in [5.74, 6) is 0. The first-order chi connectivity index (χ1) is 9.33. The molecule has 0 heterocycles. The molecule has 0 bridgehead atoms. The van der Waals surface area contributed by atoms with Gasteiger partial charge in [-0.15, -0.1) is 0 Å². The summed E-state index contributed by atoms with van der Waals surface area (Å²) in [6.07, 6.45) is 0. The van der Waals surface area contributed by atoms with E-state index in [2.05, 4.69) is 18.1 Å². The summed E-state index contributed by atoms with van der Waals surface area (Å²) in [5.41, 5.74) is 0. The van der Waals surface area contributed by atoms with Gasteiger partial charge in [0.2, 0.25) is 0 Å². The quantitative estimate of drug-likeness (QED) is 0.362. The summed E-state index contributed by atoms with van der Waals surface area (Å²) in [7, 11) is -5.78. The van der Waals surface area contributed by atoms with Crippen LogP contribution in [-0.2, 0) is 36.7 Å². The molecule has 0 radical (unpaired) electrons. The Hall–Kier alpha value is 0.140. The van der Waals surface area contributed by atoms with Crippen LogP contribution in [0.1, 0.15) is 0 Å². The third-order valence-corrected chi connectivity index (χ3v) is 3.74. The maximum Gasteiger partial charge on any atom is 0.471 e. The highest BCUT2D eigenvalue weighted by molar-refractivity contribution is 7.47. The van der Waals surface area contributed by atoms with E-state index in [9.17, 15) is 9.13 Å². The normalized spacial score (nSPS) is 17.6. The average molecular weight is 338 g/mol. The van der Waals surface area contributed by atoms with E-state index in [1.165, 1.54) is 0 Å². The number of ether oxygens (including phenoxy) is 2. The van der Waals surface area contributed by atoms with Crippen LogP contribution in [0.15, 0.2) is 0 Å². The highest BCUT2D eigenvalue weighted by Gasteiger charge is 2.18. The van der Waals surface area contributed by atoms with Gasteiger partial charge in [0.05, 0.1) is 39.6 Å². The zero-order chi connectivity index (χ0) is 15.5. The van der Waals surface area contributed by atoms with E-state index in [1.807, 2.05) is 0 Å². The van der Waals surface area contributed by atoms with Gasteiger partial charge in [0.25, 0.3) is 0 Å². The molecule has 0 aromatic carbocycles. The van der Waals surface area contributed by atoms with Gasteiger partial charge in [-0.2, -0.15) is 0 Å². The van der Waals surface area contributed by atoms with Crippen molar-refractivity contribution in [1.82, 2.24) is 0 Å². The van der Waals surface area contributed by atoms with Crippen LogP contribution < -0.4 is 0 Å². The zero-order valence-corrected chi connectivity index (χ0v) is 13.1. The van der Waals surface area contributed by atoms with Crippen LogP contribution in [-0.4, -0.2) is 63.6 Å². The lowest BCUT2D eigenvalue weighted by atomic mass is 10.7. The summed E-state index contributed by atoms with van der Waals surface area (Å²) < 4.78 is 49.2. The summed E-state index contributed by atoms with van der Waals surface area (Å²) in [5, 5.41) is 0. The van der Waals surface area contributed by atoms with E-state index in [-0.39, 0.29) is 39.6 Å². The molecule has 0 aromatic heterocycles. The summed E-state index contributed by atoms with van der Waals surface area (Å²) in [6.45, 7) is 0.478. The van der Waals surface area contributed by atoms with Crippen LogP contribution in [0, 0.1) is 0 Å². The first-order valence-corrected chi connectivity index (χ1v) is 8.53. The molecule has 0 aliphatic rings. The van der Waals surface area contributed by atoms with Crippen LogP contribution >= 0.6 is 15.6 Å². The highest BCUT2D eigenvalue weighted by Crippen LogP contribution is 2.42. The van der Waals surface area contributed by atoms with Crippen LogP contribution in [0.4, 0.5) is 0 Å². The molecule has 0 aliphatic heterocycles. The van der Waals surface area contributed by atoms with Gasteiger partial charge in [-0.25, -0.2) is 9.13 Å². The summed E-state index contributed by atoms with van der Waals surface area (Å²) in [6, 6.07) is 0. The van der Waals surface area contributed by atoms with Gasteiger partial charge in [-0.1, -0.05) is 0 Å². The van der Waals surface area contributed by atoms with E-state index in [1.54, 1.807) is 0 Å². The third-order valence-electron chi connectivity index (χ3n) is 1.80. The molecular weight excluding hydrogens is 318 g/mol. The van der Waals surface area contributed by atoms with Crippen molar-refractivity contribution in [2.24, 2.45) is 0 Å². The first-order valence-electron chi connectivity index (χ1n) is 5.54. The fraction of sp³-hybridized carbons (Fsp3) is 1.00. The number of phosphoric acid groups is 2. The van der Waals surface area contributed by atoms with E-state index in [0.29, 0.717) is 0 Å². The molecule has 10 nitrogen and oxygen atoms in total. The van der Waals surface area contributed by atoms with E-state index >= 15 is 0 Å². The predicted octanol–water partition coefficient (Wildman–Crippen LogP) is 0.546. The molecule has 0 fully saturated rings. The lowest BCUT2D eigenvalue weighted by Crippen LogP contribution is -2.11. The maximum absolute atomic E-state index is 10.9. The minimum absolute atomic E-state index is 0.0910. The molecule has 2 N–H and O–H groups in total. The molecule has 0 spiro atoms. The van der Waals surface area contributed by atoms with Crippen molar-refractivity contribution in [3.8, 4) is 0 Å². The van der Waals surface area contributed by atoms with Crippen LogP contribution in [0.3, 0.4) is 0 Å². The van der Waals surface area contributed by atoms with Gasteiger partial charge in [0, 0.05) is 14.2 Å². The zero-order valence-electron chi connectivity index (χ0n) is 11.3. The largest absolute Gasteiger partial charge is 0.471 e. The van der Waals surface area contributed by atoms with Gasteiger partial charge in [0.1, 0.15) is 0 Å². The molecule has 0 saturated heterocycles. The van der Waals surface area contributed by atoms with Crippen LogP contribution in [0.5, 0.6) is 0 Å². The first kappa shape index (κ1) is 20.1. The Morgan fingerprint density at radius 3 is 1.30 bits per heavy atom. The van der Waals surface area contributed by atoms with Crippen molar-refractivity contribution < 1.29 is 46.5 Å². The molecule has 2 unspecified atom stereocenters. The summed E-state index contributed by atoms with van der Waals surface area (Å²) in [4.78, 5) is 17.7. The van der Waals surface area contributed by atoms with Gasteiger partial charge < -0.3 is 19.3 Å². The van der Waals surface area contributed by atoms with Crippen molar-refractivity contribution in [1.29, 1.82) is 0 Å². The Balaban J connectivity index is 3.30. The molecular formula is C8H20O10P2. The topological polar surface area (TPSA) is 130 Å². The number of hydrogen-bond donors (Lipinski definition) is 2. The standard InChI is InChI=1S/C8H20O10P2/c1-13-19(9,10)17-7-5-15-3-4-16-6-8-18-20(11,12)14-2/h3-8H2,1-2H3,(H,9,10)(H,11,12). The Kier molecular flexibility index (Phi) is 10.9. The van der Waals surface area contributed by atoms with Crippen LogP contribution in [0.25, 0.3) is 0 Å². The van der Waals surface area contributed by atoms with Gasteiger partial charge in [0.15, 0.2) is 0 Å². The third kappa shape index (κ3) is 11.9. The number of phosphoric ester groups is 2. The molecule has 122 valence electrons. The molecule has 0 rings (SSSR count). The van der Waals surface area contributed by atoms with Gasteiger partial charge in [-0.05, 0) is 0 Å². The Labute approximate surface area is 117 Å². The predicted molar refractivity (Wildman–Crippen MR) is 67.2 cm³/mol. The van der Waals surface area contributed by atoms with Crippen LogP contribution in [0.2, 0.25) is 0 Å². The lowest BCUT2D eigenvalue weighted by Gasteiger charge is -2.10. The SMILES string of the molecule is COP(=O)(O)OCCOCCOCCOP(=O)(O)OC. The molecule has 0 aromatic rings. The van der Waals surface area contributed by atoms with Gasteiger partial charge in [-0.3, -0.25) is 18.1 Å². The van der Waals surface area contributed by atoms with Crippen molar-refractivity contribution in [3.63, 3.8) is 0 Å². The highest BCUT2D eigenvalue weighted by atomic mass is 31.2. The summed E-state index contributed by atoms with van der Waals surface area (Å²) >= 11 is 0. The second kappa shape index (κ2) is 10.8. The second-order valence-corrected chi connectivity index (χ2v) is 6.31. The van der Waals surface area contributed by atoms with E-state index in [4.69, 9.17) is 19.3 Å². The van der Waals surface area contributed by atoms with Gasteiger partial charge >= 0.3 is 15.6 Å². The Bertz CT molecular complexity index is 303. The number of rotatable bonds is 13. The maximum atomic E-state index is 10.9. The minimum atomic E-state index is -3.95. The minimum Gasteiger partial charge on any atom is -0.377 e. The molecule has 0 aliphatic carbocycles. The van der Waals surface area contributed by atoms with Crippen molar-refractivity contribution >= 4 is 15.6 Å².